The molecule has 0 heterocycles. The number of carbonyl (C=O) groups excluding carboxylic acids is 3. The maximum Gasteiger partial charge on any atom is 0.409 e. The molecule has 22 heavy (non-hydrogen) atoms. The molecule has 0 aliphatic carbocycles. The lowest BCUT2D eigenvalue weighted by atomic mass is 10.2. The van der Waals surface area contributed by atoms with Gasteiger partial charge in [-0.1, -0.05) is 30.3 Å². The molecule has 8 heteroatoms. The summed E-state index contributed by atoms with van der Waals surface area (Å²) in [6.45, 7) is 2.96. The van der Waals surface area contributed by atoms with E-state index in [9.17, 15) is 14.4 Å². The predicted molar refractivity (Wildman–Crippen MR) is 77.5 cm³/mol. The van der Waals surface area contributed by atoms with Crippen LogP contribution in [0, 0.1) is 0 Å². The van der Waals surface area contributed by atoms with Crippen molar-refractivity contribution in [3.05, 3.63) is 35.9 Å². The zero-order valence-corrected chi connectivity index (χ0v) is 12.4. The molecule has 1 aromatic carbocycles. The molecular formula is C14H19N3O5. The van der Waals surface area contributed by atoms with Crippen LogP contribution in [0.5, 0.6) is 0 Å². The Morgan fingerprint density at radius 1 is 1.09 bits per heavy atom. The van der Waals surface area contributed by atoms with Crippen molar-refractivity contribution < 1.29 is 23.9 Å². The van der Waals surface area contributed by atoms with Crippen LogP contribution in [0.15, 0.2) is 30.3 Å². The average molecular weight is 309 g/mol. The molecule has 0 bridgehead atoms. The fourth-order valence-electron chi connectivity index (χ4n) is 1.49. The van der Waals surface area contributed by atoms with E-state index in [0.29, 0.717) is 0 Å². The molecule has 1 aromatic rings. The van der Waals surface area contributed by atoms with Crippen molar-refractivity contribution in [3.63, 3.8) is 0 Å². The van der Waals surface area contributed by atoms with Gasteiger partial charge in [0.1, 0.15) is 6.61 Å². The zero-order chi connectivity index (χ0) is 16.6. The Hall–Kier alpha value is -2.77. The molecule has 1 unspecified atom stereocenters. The number of hydrogen-bond donors (Lipinski definition) is 3. The molecule has 8 nitrogen and oxygen atoms in total. The lowest BCUT2D eigenvalue weighted by Crippen LogP contribution is -2.65. The summed E-state index contributed by atoms with van der Waals surface area (Å²) in [5.74, 6) is -0.961. The SMILES string of the molecule is CCOC(=O)NC(C)(NC(=O)OCc1ccccc1)C(N)=O. The van der Waals surface area contributed by atoms with Crippen molar-refractivity contribution in [2.45, 2.75) is 26.1 Å². The van der Waals surface area contributed by atoms with E-state index in [4.69, 9.17) is 10.5 Å². The molecule has 0 aromatic heterocycles. The quantitative estimate of drug-likeness (QED) is 0.673. The summed E-state index contributed by atoms with van der Waals surface area (Å²) in [5.41, 5.74) is 4.15. The van der Waals surface area contributed by atoms with Crippen molar-refractivity contribution in [2.24, 2.45) is 5.73 Å². The predicted octanol–water partition coefficient (Wildman–Crippen LogP) is 0.860. The molecule has 0 saturated carbocycles. The highest BCUT2D eigenvalue weighted by Gasteiger charge is 2.36. The molecule has 0 aliphatic rings. The molecule has 3 amide bonds. The fraction of sp³-hybridized carbons (Fsp3) is 0.357. The lowest BCUT2D eigenvalue weighted by molar-refractivity contribution is -0.124. The van der Waals surface area contributed by atoms with Crippen LogP contribution >= 0.6 is 0 Å². The summed E-state index contributed by atoms with van der Waals surface area (Å²) in [6.07, 6.45) is -1.78. The highest BCUT2D eigenvalue weighted by atomic mass is 16.6. The number of carbonyl (C=O) groups is 3. The Morgan fingerprint density at radius 3 is 2.14 bits per heavy atom. The topological polar surface area (TPSA) is 120 Å². The highest BCUT2D eigenvalue weighted by molar-refractivity contribution is 5.91. The molecule has 120 valence electrons. The molecule has 0 fully saturated rings. The minimum Gasteiger partial charge on any atom is -0.450 e. The van der Waals surface area contributed by atoms with Crippen LogP contribution in [0.2, 0.25) is 0 Å². The third-order valence-corrected chi connectivity index (χ3v) is 2.69. The second-order valence-corrected chi connectivity index (χ2v) is 4.52. The third kappa shape index (κ3) is 5.31. The summed E-state index contributed by atoms with van der Waals surface area (Å²) < 4.78 is 9.61. The molecule has 0 aliphatic heterocycles. The van der Waals surface area contributed by atoms with E-state index < -0.39 is 23.8 Å². The number of primary amides is 1. The second kappa shape index (κ2) is 7.87. The molecule has 4 N–H and O–H groups in total. The van der Waals surface area contributed by atoms with Crippen molar-refractivity contribution >= 4 is 18.1 Å². The van der Waals surface area contributed by atoms with E-state index in [1.165, 1.54) is 6.92 Å². The number of nitrogens with two attached hydrogens (primary N) is 1. The Balaban J connectivity index is 2.60. The van der Waals surface area contributed by atoms with Crippen molar-refractivity contribution in [3.8, 4) is 0 Å². The van der Waals surface area contributed by atoms with E-state index in [2.05, 4.69) is 15.4 Å². The third-order valence-electron chi connectivity index (χ3n) is 2.69. The monoisotopic (exact) mass is 309 g/mol. The first kappa shape index (κ1) is 17.3. The molecule has 1 rings (SSSR count). The number of hydrogen-bond acceptors (Lipinski definition) is 5. The summed E-state index contributed by atoms with van der Waals surface area (Å²) in [7, 11) is 0. The first-order valence-electron chi connectivity index (χ1n) is 6.61. The second-order valence-electron chi connectivity index (χ2n) is 4.52. The molecule has 1 atom stereocenters. The highest BCUT2D eigenvalue weighted by Crippen LogP contribution is 2.03. The molecule has 0 spiro atoms. The van der Waals surface area contributed by atoms with Gasteiger partial charge < -0.3 is 15.2 Å². The molecular weight excluding hydrogens is 290 g/mol. The van der Waals surface area contributed by atoms with E-state index in [1.54, 1.807) is 31.2 Å². The average Bonchev–Trinajstić information content (AvgIpc) is 2.46. The van der Waals surface area contributed by atoms with E-state index in [1.807, 2.05) is 6.07 Å². The van der Waals surface area contributed by atoms with Crippen molar-refractivity contribution in [2.75, 3.05) is 6.61 Å². The molecule has 0 saturated heterocycles. The van der Waals surface area contributed by atoms with Gasteiger partial charge in [0.2, 0.25) is 0 Å². The largest absolute Gasteiger partial charge is 0.450 e. The number of benzene rings is 1. The van der Waals surface area contributed by atoms with Gasteiger partial charge in [-0.2, -0.15) is 0 Å². The Labute approximate surface area is 128 Å². The van der Waals surface area contributed by atoms with Crippen LogP contribution in [-0.4, -0.2) is 30.4 Å². The van der Waals surface area contributed by atoms with Crippen LogP contribution in [0.1, 0.15) is 19.4 Å². The standard InChI is InChI=1S/C14H19N3O5/c1-3-21-12(19)16-14(2,11(15)18)17-13(20)22-9-10-7-5-4-6-8-10/h4-8H,3,9H2,1-2H3,(H2,15,18)(H,16,19)(H,17,20). The number of rotatable bonds is 6. The minimum atomic E-state index is -1.82. The minimum absolute atomic E-state index is 0.0148. The van der Waals surface area contributed by atoms with Gasteiger partial charge >= 0.3 is 12.2 Å². The summed E-state index contributed by atoms with van der Waals surface area (Å²) in [5, 5.41) is 4.38. The maximum atomic E-state index is 11.7. The van der Waals surface area contributed by atoms with Crippen molar-refractivity contribution in [1.29, 1.82) is 0 Å². The summed E-state index contributed by atoms with van der Waals surface area (Å²) >= 11 is 0. The van der Waals surface area contributed by atoms with E-state index >= 15 is 0 Å². The van der Waals surface area contributed by atoms with Gasteiger partial charge in [-0.3, -0.25) is 15.4 Å². The van der Waals surface area contributed by atoms with Crippen LogP contribution in [0.4, 0.5) is 9.59 Å². The number of alkyl carbamates (subject to hydrolysis) is 2. The summed E-state index contributed by atoms with van der Waals surface area (Å²) in [4.78, 5) is 34.6. The smallest absolute Gasteiger partial charge is 0.409 e. The lowest BCUT2D eigenvalue weighted by Gasteiger charge is -2.27. The Morgan fingerprint density at radius 2 is 1.64 bits per heavy atom. The van der Waals surface area contributed by atoms with Gasteiger partial charge in [-0.25, -0.2) is 9.59 Å². The summed E-state index contributed by atoms with van der Waals surface area (Å²) in [6, 6.07) is 8.98. The first-order chi connectivity index (χ1) is 10.4. The van der Waals surface area contributed by atoms with Crippen LogP contribution in [0.3, 0.4) is 0 Å². The van der Waals surface area contributed by atoms with Crippen LogP contribution < -0.4 is 16.4 Å². The van der Waals surface area contributed by atoms with Crippen LogP contribution in [-0.2, 0) is 20.9 Å². The molecule has 0 radical (unpaired) electrons. The Bertz CT molecular complexity index is 535. The van der Waals surface area contributed by atoms with E-state index in [-0.39, 0.29) is 13.2 Å². The van der Waals surface area contributed by atoms with Gasteiger partial charge in [-0.05, 0) is 19.4 Å². The zero-order valence-electron chi connectivity index (χ0n) is 12.4. The van der Waals surface area contributed by atoms with Gasteiger partial charge in [0.15, 0.2) is 5.66 Å². The van der Waals surface area contributed by atoms with E-state index in [0.717, 1.165) is 5.56 Å². The Kier molecular flexibility index (Phi) is 6.18. The fourth-order valence-corrected chi connectivity index (χ4v) is 1.49. The number of ether oxygens (including phenoxy) is 2. The van der Waals surface area contributed by atoms with Gasteiger partial charge in [0, 0.05) is 0 Å². The number of nitrogens with one attached hydrogen (secondary N) is 2. The van der Waals surface area contributed by atoms with Gasteiger partial charge in [0.05, 0.1) is 6.61 Å². The van der Waals surface area contributed by atoms with Gasteiger partial charge in [-0.15, -0.1) is 0 Å². The maximum absolute atomic E-state index is 11.7. The van der Waals surface area contributed by atoms with Gasteiger partial charge in [0.25, 0.3) is 5.91 Å². The van der Waals surface area contributed by atoms with Crippen molar-refractivity contribution in [1.82, 2.24) is 10.6 Å². The van der Waals surface area contributed by atoms with Crippen LogP contribution in [0.25, 0.3) is 0 Å². The number of amides is 3. The first-order valence-corrected chi connectivity index (χ1v) is 6.61. The normalized spacial score (nSPS) is 12.6.